The van der Waals surface area contributed by atoms with Crippen molar-refractivity contribution in [3.05, 3.63) is 72.1 Å². The number of nitrogens with zero attached hydrogens (tertiary/aromatic N) is 2. The highest BCUT2D eigenvalue weighted by Gasteiger charge is 2.32. The fraction of sp³-hybridized carbons (Fsp3) is 0.0952. The fourth-order valence-electron chi connectivity index (χ4n) is 2.83. The van der Waals surface area contributed by atoms with Crippen LogP contribution in [-0.4, -0.2) is 24.0 Å². The topological polar surface area (TPSA) is 121 Å². The van der Waals surface area contributed by atoms with Crippen LogP contribution in [0.2, 0.25) is 0 Å². The number of ether oxygens (including phenoxy) is 2. The fourth-order valence-corrected chi connectivity index (χ4v) is 2.83. The highest BCUT2D eigenvalue weighted by atomic mass is 19.4. The van der Waals surface area contributed by atoms with E-state index >= 15 is 0 Å². The zero-order valence-electron chi connectivity index (χ0n) is 16.6. The molecule has 0 fully saturated rings. The van der Waals surface area contributed by atoms with Gasteiger partial charge in [0.2, 0.25) is 0 Å². The molecule has 0 spiro atoms. The SMILES string of the molecule is COc1ccc(C(F)(F)F)cc1N(C(N)=O)c1ccc(Oc2ccnc(C(N)=O)c2)cc1. The molecule has 0 atom stereocenters. The number of alkyl halides is 3. The smallest absolute Gasteiger partial charge is 0.416 e. The van der Waals surface area contributed by atoms with Crippen LogP contribution in [-0.2, 0) is 6.18 Å². The summed E-state index contributed by atoms with van der Waals surface area (Å²) in [5.41, 5.74) is 9.68. The van der Waals surface area contributed by atoms with E-state index in [4.69, 9.17) is 20.9 Å². The first-order valence-corrected chi connectivity index (χ1v) is 8.98. The van der Waals surface area contributed by atoms with Gasteiger partial charge in [-0.15, -0.1) is 0 Å². The molecule has 11 heteroatoms. The second kappa shape index (κ2) is 8.84. The number of methoxy groups -OCH3 is 1. The van der Waals surface area contributed by atoms with Gasteiger partial charge in [-0.1, -0.05) is 0 Å². The van der Waals surface area contributed by atoms with Crippen molar-refractivity contribution in [3.8, 4) is 17.2 Å². The summed E-state index contributed by atoms with van der Waals surface area (Å²) in [6, 6.07) is 10.3. The van der Waals surface area contributed by atoms with E-state index in [0.29, 0.717) is 5.75 Å². The number of aromatic nitrogens is 1. The number of anilines is 2. The molecular formula is C21H17F3N4O4. The lowest BCUT2D eigenvalue weighted by Gasteiger charge is -2.24. The van der Waals surface area contributed by atoms with Crippen LogP contribution in [0, 0.1) is 0 Å². The highest BCUT2D eigenvalue weighted by molar-refractivity contribution is 6.00. The van der Waals surface area contributed by atoms with Gasteiger partial charge in [0.05, 0.1) is 24.0 Å². The van der Waals surface area contributed by atoms with E-state index in [-0.39, 0.29) is 28.6 Å². The number of hydrogen-bond acceptors (Lipinski definition) is 5. The van der Waals surface area contributed by atoms with Crippen LogP contribution >= 0.6 is 0 Å². The molecule has 0 aliphatic heterocycles. The van der Waals surface area contributed by atoms with Crippen LogP contribution in [0.5, 0.6) is 17.2 Å². The molecule has 0 saturated carbocycles. The van der Waals surface area contributed by atoms with Crippen LogP contribution in [0.1, 0.15) is 16.1 Å². The maximum atomic E-state index is 13.2. The van der Waals surface area contributed by atoms with Crippen molar-refractivity contribution in [2.75, 3.05) is 12.0 Å². The van der Waals surface area contributed by atoms with E-state index in [0.717, 1.165) is 23.1 Å². The number of rotatable bonds is 6. The molecule has 1 aromatic heterocycles. The van der Waals surface area contributed by atoms with Crippen molar-refractivity contribution in [1.29, 1.82) is 0 Å². The summed E-state index contributed by atoms with van der Waals surface area (Å²) in [7, 11) is 1.26. The van der Waals surface area contributed by atoms with Crippen LogP contribution in [0.15, 0.2) is 60.8 Å². The molecule has 2 aromatic carbocycles. The molecule has 0 unspecified atom stereocenters. The minimum absolute atomic E-state index is 0.00988. The highest BCUT2D eigenvalue weighted by Crippen LogP contribution is 2.39. The molecule has 0 aliphatic carbocycles. The van der Waals surface area contributed by atoms with Gasteiger partial charge in [0.25, 0.3) is 5.91 Å². The zero-order chi connectivity index (χ0) is 23.5. The lowest BCUT2D eigenvalue weighted by molar-refractivity contribution is -0.137. The van der Waals surface area contributed by atoms with E-state index < -0.39 is 23.7 Å². The van der Waals surface area contributed by atoms with Gasteiger partial charge in [-0.2, -0.15) is 13.2 Å². The van der Waals surface area contributed by atoms with Gasteiger partial charge in [0, 0.05) is 12.3 Å². The third-order valence-corrected chi connectivity index (χ3v) is 4.28. The van der Waals surface area contributed by atoms with Crippen molar-refractivity contribution in [2.24, 2.45) is 11.5 Å². The molecule has 32 heavy (non-hydrogen) atoms. The van der Waals surface area contributed by atoms with Crippen molar-refractivity contribution in [2.45, 2.75) is 6.18 Å². The largest absolute Gasteiger partial charge is 0.495 e. The molecule has 8 nitrogen and oxygen atoms in total. The van der Waals surface area contributed by atoms with Crippen LogP contribution in [0.4, 0.5) is 29.3 Å². The Morgan fingerprint density at radius 3 is 2.22 bits per heavy atom. The Balaban J connectivity index is 1.94. The second-order valence-corrected chi connectivity index (χ2v) is 6.40. The summed E-state index contributed by atoms with van der Waals surface area (Å²) < 4.78 is 50.3. The Labute approximate surface area is 180 Å². The standard InChI is InChI=1S/C21H17F3N4O4/c1-31-18-7-2-12(21(22,23)24)10-17(18)28(20(26)30)13-3-5-14(6-4-13)32-15-8-9-27-16(11-15)19(25)29/h2-11H,1H3,(H2,25,29)(H2,26,30). The molecule has 0 aliphatic rings. The van der Waals surface area contributed by atoms with Crippen molar-refractivity contribution in [1.82, 2.24) is 4.98 Å². The number of amides is 3. The van der Waals surface area contributed by atoms with E-state index in [1.54, 1.807) is 0 Å². The average Bonchev–Trinajstić information content (AvgIpc) is 2.74. The lowest BCUT2D eigenvalue weighted by atomic mass is 10.1. The average molecular weight is 446 g/mol. The Morgan fingerprint density at radius 2 is 1.66 bits per heavy atom. The number of nitrogens with two attached hydrogens (primary N) is 2. The summed E-state index contributed by atoms with van der Waals surface area (Å²) in [5, 5.41) is 0. The lowest BCUT2D eigenvalue weighted by Crippen LogP contribution is -2.32. The Morgan fingerprint density at radius 1 is 0.969 bits per heavy atom. The van der Waals surface area contributed by atoms with Crippen molar-refractivity contribution >= 4 is 23.3 Å². The monoisotopic (exact) mass is 446 g/mol. The van der Waals surface area contributed by atoms with Gasteiger partial charge in [-0.25, -0.2) is 4.79 Å². The molecule has 3 amide bonds. The third kappa shape index (κ3) is 4.89. The van der Waals surface area contributed by atoms with Gasteiger partial charge in [0.15, 0.2) is 0 Å². The minimum Gasteiger partial charge on any atom is -0.495 e. The predicted octanol–water partition coefficient (Wildman–Crippen LogP) is 4.22. The van der Waals surface area contributed by atoms with Gasteiger partial charge in [0.1, 0.15) is 22.9 Å². The second-order valence-electron chi connectivity index (χ2n) is 6.40. The maximum Gasteiger partial charge on any atom is 0.416 e. The number of benzene rings is 2. The molecule has 0 radical (unpaired) electrons. The van der Waals surface area contributed by atoms with Gasteiger partial charge >= 0.3 is 12.2 Å². The van der Waals surface area contributed by atoms with E-state index in [1.807, 2.05) is 0 Å². The first-order valence-electron chi connectivity index (χ1n) is 8.98. The van der Waals surface area contributed by atoms with E-state index in [1.165, 1.54) is 49.7 Å². The first-order chi connectivity index (χ1) is 15.1. The zero-order valence-corrected chi connectivity index (χ0v) is 16.6. The van der Waals surface area contributed by atoms with Crippen LogP contribution in [0.3, 0.4) is 0 Å². The van der Waals surface area contributed by atoms with Crippen LogP contribution < -0.4 is 25.8 Å². The molecule has 166 valence electrons. The van der Waals surface area contributed by atoms with Crippen molar-refractivity contribution < 1.29 is 32.2 Å². The Hall–Kier alpha value is -4.28. The number of carbonyl (C=O) groups excluding carboxylic acids is 2. The van der Waals surface area contributed by atoms with Gasteiger partial charge in [-0.3, -0.25) is 14.7 Å². The maximum absolute atomic E-state index is 13.2. The normalized spacial score (nSPS) is 11.0. The summed E-state index contributed by atoms with van der Waals surface area (Å²) in [5.74, 6) is -0.102. The number of halogens is 3. The minimum atomic E-state index is -4.63. The number of urea groups is 1. The molecule has 3 rings (SSSR count). The number of pyridine rings is 1. The Kier molecular flexibility index (Phi) is 6.19. The Bertz CT molecular complexity index is 1150. The number of hydrogen-bond donors (Lipinski definition) is 2. The predicted molar refractivity (Wildman–Crippen MR) is 109 cm³/mol. The van der Waals surface area contributed by atoms with E-state index in [2.05, 4.69) is 4.98 Å². The summed E-state index contributed by atoms with van der Waals surface area (Å²) in [6.07, 6.45) is -3.28. The van der Waals surface area contributed by atoms with E-state index in [9.17, 15) is 22.8 Å². The third-order valence-electron chi connectivity index (χ3n) is 4.28. The molecular weight excluding hydrogens is 429 g/mol. The van der Waals surface area contributed by atoms with Crippen LogP contribution in [0.25, 0.3) is 0 Å². The molecule has 4 N–H and O–H groups in total. The number of carbonyl (C=O) groups is 2. The first kappa shape index (κ1) is 22.4. The molecule has 3 aromatic rings. The number of primary amides is 2. The molecule has 0 bridgehead atoms. The van der Waals surface area contributed by atoms with Gasteiger partial charge < -0.3 is 20.9 Å². The molecule has 1 heterocycles. The summed E-state index contributed by atoms with van der Waals surface area (Å²) >= 11 is 0. The quantitative estimate of drug-likeness (QED) is 0.587. The summed E-state index contributed by atoms with van der Waals surface area (Å²) in [4.78, 5) is 28.1. The van der Waals surface area contributed by atoms with Crippen molar-refractivity contribution in [3.63, 3.8) is 0 Å². The van der Waals surface area contributed by atoms with Gasteiger partial charge in [-0.05, 0) is 48.5 Å². The molecule has 0 saturated heterocycles. The summed E-state index contributed by atoms with van der Waals surface area (Å²) in [6.45, 7) is 0.